The third kappa shape index (κ3) is 3.62. The zero-order chi connectivity index (χ0) is 16.2. The van der Waals surface area contributed by atoms with Gasteiger partial charge in [-0.25, -0.2) is 19.6 Å². The van der Waals surface area contributed by atoms with Crippen LogP contribution in [0.4, 0.5) is 5.82 Å². The zero-order valence-electron chi connectivity index (χ0n) is 13.3. The molecule has 2 aromatic rings. The summed E-state index contributed by atoms with van der Waals surface area (Å²) in [5.41, 5.74) is 0. The SMILES string of the molecule is CN(C)CCNC(=O)C1CN(c2cc(-n3cncn3)ncn2)C1. The predicted octanol–water partition coefficient (Wildman–Crippen LogP) is -0.829. The summed E-state index contributed by atoms with van der Waals surface area (Å²) in [5.74, 6) is 1.57. The summed E-state index contributed by atoms with van der Waals surface area (Å²) in [6.07, 6.45) is 4.54. The lowest BCUT2D eigenvalue weighted by molar-refractivity contribution is -0.125. The smallest absolute Gasteiger partial charge is 0.226 e. The number of carbonyl (C=O) groups excluding carboxylic acids is 1. The average Bonchev–Trinajstić information content (AvgIpc) is 3.00. The lowest BCUT2D eigenvalue weighted by Gasteiger charge is -2.39. The van der Waals surface area contributed by atoms with E-state index in [4.69, 9.17) is 0 Å². The minimum atomic E-state index is 0.0157. The van der Waals surface area contributed by atoms with E-state index in [1.54, 1.807) is 11.0 Å². The lowest BCUT2D eigenvalue weighted by Crippen LogP contribution is -2.54. The van der Waals surface area contributed by atoms with Crippen LogP contribution in [-0.2, 0) is 4.79 Å². The first-order valence-corrected chi connectivity index (χ1v) is 7.48. The highest BCUT2D eigenvalue weighted by atomic mass is 16.2. The fourth-order valence-corrected chi connectivity index (χ4v) is 2.34. The van der Waals surface area contributed by atoms with Gasteiger partial charge in [-0.1, -0.05) is 0 Å². The summed E-state index contributed by atoms with van der Waals surface area (Å²) in [7, 11) is 3.97. The van der Waals surface area contributed by atoms with Crippen molar-refractivity contribution in [3.05, 3.63) is 25.0 Å². The number of anilines is 1. The average molecular weight is 316 g/mol. The van der Waals surface area contributed by atoms with Gasteiger partial charge in [0.05, 0.1) is 5.92 Å². The monoisotopic (exact) mass is 316 g/mol. The van der Waals surface area contributed by atoms with E-state index in [0.29, 0.717) is 25.5 Å². The Balaban J connectivity index is 1.53. The second kappa shape index (κ2) is 6.69. The zero-order valence-corrected chi connectivity index (χ0v) is 13.3. The Labute approximate surface area is 134 Å². The molecular weight excluding hydrogens is 296 g/mol. The van der Waals surface area contributed by atoms with Crippen molar-refractivity contribution in [2.45, 2.75) is 0 Å². The van der Waals surface area contributed by atoms with Gasteiger partial charge in [-0.2, -0.15) is 5.10 Å². The highest BCUT2D eigenvalue weighted by Crippen LogP contribution is 2.23. The molecule has 1 aliphatic rings. The molecule has 0 unspecified atom stereocenters. The van der Waals surface area contributed by atoms with Gasteiger partial charge >= 0.3 is 0 Å². The Bertz CT molecular complexity index is 651. The highest BCUT2D eigenvalue weighted by Gasteiger charge is 2.33. The van der Waals surface area contributed by atoms with E-state index < -0.39 is 0 Å². The molecule has 0 aromatic carbocycles. The van der Waals surface area contributed by atoms with Crippen molar-refractivity contribution in [3.8, 4) is 5.82 Å². The van der Waals surface area contributed by atoms with Crippen LogP contribution >= 0.6 is 0 Å². The topological polar surface area (TPSA) is 92.1 Å². The second-order valence-electron chi connectivity index (χ2n) is 5.77. The lowest BCUT2D eigenvalue weighted by atomic mass is 9.99. The minimum Gasteiger partial charge on any atom is -0.355 e. The number of likely N-dealkylation sites (N-methyl/N-ethyl adjacent to an activating group) is 1. The van der Waals surface area contributed by atoms with Gasteiger partial charge in [0.25, 0.3) is 0 Å². The number of nitrogens with zero attached hydrogens (tertiary/aromatic N) is 7. The molecule has 0 aliphatic carbocycles. The molecule has 0 radical (unpaired) electrons. The van der Waals surface area contributed by atoms with Crippen LogP contribution in [0.2, 0.25) is 0 Å². The van der Waals surface area contributed by atoms with E-state index in [1.807, 2.05) is 25.1 Å². The molecule has 1 aliphatic heterocycles. The van der Waals surface area contributed by atoms with E-state index in [0.717, 1.165) is 12.4 Å². The fourth-order valence-electron chi connectivity index (χ4n) is 2.34. The molecule has 1 fully saturated rings. The van der Waals surface area contributed by atoms with Crippen LogP contribution in [0.25, 0.3) is 5.82 Å². The molecule has 2 aromatic heterocycles. The largest absolute Gasteiger partial charge is 0.355 e. The van der Waals surface area contributed by atoms with E-state index in [9.17, 15) is 4.79 Å². The normalized spacial score (nSPS) is 14.8. The molecule has 3 heterocycles. The predicted molar refractivity (Wildman–Crippen MR) is 84.2 cm³/mol. The first-order valence-electron chi connectivity index (χ1n) is 7.48. The van der Waals surface area contributed by atoms with Gasteiger partial charge in [0.15, 0.2) is 5.82 Å². The van der Waals surface area contributed by atoms with Crippen molar-refractivity contribution in [2.24, 2.45) is 5.92 Å². The molecule has 23 heavy (non-hydrogen) atoms. The molecule has 122 valence electrons. The van der Waals surface area contributed by atoms with Crippen LogP contribution in [0.3, 0.4) is 0 Å². The Hall–Kier alpha value is -2.55. The van der Waals surface area contributed by atoms with Gasteiger partial charge in [0, 0.05) is 32.2 Å². The summed E-state index contributed by atoms with van der Waals surface area (Å²) in [6.45, 7) is 2.85. The number of hydrogen-bond donors (Lipinski definition) is 1. The molecule has 0 bridgehead atoms. The maximum atomic E-state index is 12.0. The van der Waals surface area contributed by atoms with Gasteiger partial charge in [0.2, 0.25) is 5.91 Å². The number of aromatic nitrogens is 5. The third-order valence-corrected chi connectivity index (χ3v) is 3.73. The molecule has 9 nitrogen and oxygen atoms in total. The molecule has 1 saturated heterocycles. The van der Waals surface area contributed by atoms with Crippen LogP contribution in [0.15, 0.2) is 25.0 Å². The number of hydrogen-bond acceptors (Lipinski definition) is 7. The molecule has 3 rings (SSSR count). The second-order valence-corrected chi connectivity index (χ2v) is 5.77. The van der Waals surface area contributed by atoms with Crippen LogP contribution in [0.1, 0.15) is 0 Å². The maximum Gasteiger partial charge on any atom is 0.226 e. The molecule has 0 spiro atoms. The molecular formula is C14H20N8O. The van der Waals surface area contributed by atoms with Crippen LogP contribution in [0, 0.1) is 5.92 Å². The first kappa shape index (κ1) is 15.3. The third-order valence-electron chi connectivity index (χ3n) is 3.73. The maximum absolute atomic E-state index is 12.0. The van der Waals surface area contributed by atoms with E-state index in [1.165, 1.54) is 12.7 Å². The van der Waals surface area contributed by atoms with Gasteiger partial charge in [-0.3, -0.25) is 4.79 Å². The van der Waals surface area contributed by atoms with E-state index in [-0.39, 0.29) is 11.8 Å². The molecule has 0 atom stereocenters. The summed E-state index contributed by atoms with van der Waals surface area (Å²) < 4.78 is 1.58. The van der Waals surface area contributed by atoms with Crippen LogP contribution in [0.5, 0.6) is 0 Å². The number of carbonyl (C=O) groups is 1. The Morgan fingerprint density at radius 3 is 2.78 bits per heavy atom. The van der Waals surface area contributed by atoms with Crippen molar-refractivity contribution in [1.82, 2.24) is 34.9 Å². The summed E-state index contributed by atoms with van der Waals surface area (Å²) in [6, 6.07) is 1.84. The van der Waals surface area contributed by atoms with Crippen molar-refractivity contribution in [3.63, 3.8) is 0 Å². The molecule has 9 heteroatoms. The van der Waals surface area contributed by atoms with Gasteiger partial charge in [-0.15, -0.1) is 0 Å². The molecule has 1 N–H and O–H groups in total. The number of amides is 1. The first-order chi connectivity index (χ1) is 11.1. The molecule has 1 amide bonds. The van der Waals surface area contributed by atoms with Gasteiger partial charge in [-0.05, 0) is 14.1 Å². The minimum absolute atomic E-state index is 0.0157. The number of rotatable bonds is 6. The van der Waals surface area contributed by atoms with Crippen LogP contribution < -0.4 is 10.2 Å². The summed E-state index contributed by atoms with van der Waals surface area (Å²) >= 11 is 0. The quantitative estimate of drug-likeness (QED) is 0.744. The Morgan fingerprint density at radius 1 is 1.30 bits per heavy atom. The van der Waals surface area contributed by atoms with Crippen molar-refractivity contribution < 1.29 is 4.79 Å². The Morgan fingerprint density at radius 2 is 2.09 bits per heavy atom. The standard InChI is InChI=1S/C14H20N8O/c1-20(2)4-3-16-14(23)11-6-21(7-11)12-5-13(18-9-17-12)22-10-15-8-19-22/h5,8-11H,3-4,6-7H2,1-2H3,(H,16,23). The highest BCUT2D eigenvalue weighted by molar-refractivity contribution is 5.81. The van der Waals surface area contributed by atoms with Gasteiger partial charge < -0.3 is 15.1 Å². The molecule has 0 saturated carbocycles. The van der Waals surface area contributed by atoms with Crippen LogP contribution in [-0.4, -0.2) is 75.8 Å². The van der Waals surface area contributed by atoms with E-state index in [2.05, 4.69) is 30.3 Å². The van der Waals surface area contributed by atoms with Gasteiger partial charge in [0.1, 0.15) is 24.8 Å². The van der Waals surface area contributed by atoms with Crippen molar-refractivity contribution in [1.29, 1.82) is 0 Å². The Kier molecular flexibility index (Phi) is 4.47. The number of nitrogens with one attached hydrogen (secondary N) is 1. The summed E-state index contributed by atoms with van der Waals surface area (Å²) in [4.78, 5) is 28.5. The summed E-state index contributed by atoms with van der Waals surface area (Å²) in [5, 5.41) is 7.01. The van der Waals surface area contributed by atoms with E-state index >= 15 is 0 Å². The van der Waals surface area contributed by atoms with Crippen molar-refractivity contribution in [2.75, 3.05) is 45.2 Å². The fraction of sp³-hybridized carbons (Fsp3) is 0.500. The van der Waals surface area contributed by atoms with Crippen molar-refractivity contribution >= 4 is 11.7 Å².